The zero-order valence-corrected chi connectivity index (χ0v) is 12.7. The van der Waals surface area contributed by atoms with E-state index in [4.69, 9.17) is 27.6 Å². The number of carbonyl (C=O) groups is 1. The van der Waals surface area contributed by atoms with Gasteiger partial charge in [0.2, 0.25) is 5.91 Å². The van der Waals surface area contributed by atoms with Crippen LogP contribution in [-0.4, -0.2) is 17.6 Å². The molecule has 0 saturated heterocycles. The minimum absolute atomic E-state index is 0.170. The SMILES string of the molecule is O=C(CCc1ccc(Cl)c(Cl)c1)NC(CO)c1ccco1. The van der Waals surface area contributed by atoms with Crippen LogP contribution in [0.2, 0.25) is 10.0 Å². The molecule has 1 heterocycles. The number of furan rings is 1. The smallest absolute Gasteiger partial charge is 0.220 e. The van der Waals surface area contributed by atoms with E-state index >= 15 is 0 Å². The van der Waals surface area contributed by atoms with Crippen molar-refractivity contribution < 1.29 is 14.3 Å². The highest BCUT2D eigenvalue weighted by Crippen LogP contribution is 2.23. The Kier molecular flexibility index (Phi) is 5.67. The predicted molar refractivity (Wildman–Crippen MR) is 81.5 cm³/mol. The number of aliphatic hydroxyl groups is 1. The molecule has 2 N–H and O–H groups in total. The van der Waals surface area contributed by atoms with Crippen LogP contribution in [0.25, 0.3) is 0 Å². The van der Waals surface area contributed by atoms with E-state index in [2.05, 4.69) is 5.32 Å². The quantitative estimate of drug-likeness (QED) is 0.855. The van der Waals surface area contributed by atoms with E-state index in [9.17, 15) is 9.90 Å². The third-order valence-electron chi connectivity index (χ3n) is 3.03. The fraction of sp³-hybridized carbons (Fsp3) is 0.267. The standard InChI is InChI=1S/C15H15Cl2NO3/c16-11-5-3-10(8-12(11)17)4-6-15(20)18-13(9-19)14-2-1-7-21-14/h1-3,5,7-8,13,19H,4,6,9H2,(H,18,20). The van der Waals surface area contributed by atoms with Gasteiger partial charge in [-0.05, 0) is 36.2 Å². The molecule has 1 amide bonds. The van der Waals surface area contributed by atoms with Gasteiger partial charge in [0.05, 0.1) is 22.9 Å². The Labute approximate surface area is 132 Å². The molecule has 0 radical (unpaired) electrons. The molecule has 1 aromatic heterocycles. The molecule has 21 heavy (non-hydrogen) atoms. The lowest BCUT2D eigenvalue weighted by Gasteiger charge is -2.13. The van der Waals surface area contributed by atoms with Gasteiger partial charge in [-0.15, -0.1) is 0 Å². The molecule has 2 rings (SSSR count). The maximum absolute atomic E-state index is 11.9. The lowest BCUT2D eigenvalue weighted by atomic mass is 10.1. The molecule has 0 fully saturated rings. The van der Waals surface area contributed by atoms with Crippen LogP contribution in [0.15, 0.2) is 41.0 Å². The summed E-state index contributed by atoms with van der Waals surface area (Å²) in [5, 5.41) is 13.0. The molecule has 112 valence electrons. The van der Waals surface area contributed by atoms with Crippen molar-refractivity contribution in [2.45, 2.75) is 18.9 Å². The fourth-order valence-electron chi connectivity index (χ4n) is 1.92. The van der Waals surface area contributed by atoms with Crippen LogP contribution >= 0.6 is 23.2 Å². The number of hydrogen-bond donors (Lipinski definition) is 2. The van der Waals surface area contributed by atoms with Crippen molar-refractivity contribution in [1.29, 1.82) is 0 Å². The summed E-state index contributed by atoms with van der Waals surface area (Å²) < 4.78 is 5.17. The molecule has 2 aromatic rings. The molecule has 1 unspecified atom stereocenters. The Hall–Kier alpha value is -1.49. The highest BCUT2D eigenvalue weighted by Gasteiger charge is 2.15. The molecule has 0 aliphatic rings. The van der Waals surface area contributed by atoms with Crippen molar-refractivity contribution in [2.24, 2.45) is 0 Å². The van der Waals surface area contributed by atoms with E-state index in [1.54, 1.807) is 24.3 Å². The second kappa shape index (κ2) is 7.50. The molecular formula is C15H15Cl2NO3. The van der Waals surface area contributed by atoms with Gasteiger partial charge in [0.1, 0.15) is 11.8 Å². The molecule has 0 bridgehead atoms. The van der Waals surface area contributed by atoms with Crippen LogP contribution in [0.1, 0.15) is 23.8 Å². The predicted octanol–water partition coefficient (Wildman–Crippen LogP) is 3.37. The van der Waals surface area contributed by atoms with Crippen molar-refractivity contribution >= 4 is 29.1 Å². The van der Waals surface area contributed by atoms with E-state index < -0.39 is 6.04 Å². The summed E-state index contributed by atoms with van der Waals surface area (Å²) in [4.78, 5) is 11.9. The largest absolute Gasteiger partial charge is 0.467 e. The molecule has 1 atom stereocenters. The van der Waals surface area contributed by atoms with E-state index in [1.165, 1.54) is 6.26 Å². The second-order valence-electron chi connectivity index (χ2n) is 4.57. The lowest BCUT2D eigenvalue weighted by Crippen LogP contribution is -2.30. The Morgan fingerprint density at radius 3 is 2.71 bits per heavy atom. The summed E-state index contributed by atoms with van der Waals surface area (Å²) >= 11 is 11.8. The average molecular weight is 328 g/mol. The number of hydrogen-bond acceptors (Lipinski definition) is 3. The molecule has 4 nitrogen and oxygen atoms in total. The van der Waals surface area contributed by atoms with Crippen LogP contribution < -0.4 is 5.32 Å². The van der Waals surface area contributed by atoms with Gasteiger partial charge in [0, 0.05) is 6.42 Å². The second-order valence-corrected chi connectivity index (χ2v) is 5.38. The van der Waals surface area contributed by atoms with Crippen molar-refractivity contribution in [2.75, 3.05) is 6.61 Å². The topological polar surface area (TPSA) is 62.5 Å². The number of amides is 1. The van der Waals surface area contributed by atoms with E-state index in [1.807, 2.05) is 6.07 Å². The zero-order chi connectivity index (χ0) is 15.2. The Morgan fingerprint density at radius 2 is 2.10 bits per heavy atom. The highest BCUT2D eigenvalue weighted by atomic mass is 35.5. The Bertz CT molecular complexity index is 599. The number of aliphatic hydroxyl groups excluding tert-OH is 1. The van der Waals surface area contributed by atoms with Crippen molar-refractivity contribution in [3.8, 4) is 0 Å². The van der Waals surface area contributed by atoms with Gasteiger partial charge in [-0.2, -0.15) is 0 Å². The van der Waals surface area contributed by atoms with Crippen LogP contribution in [0, 0.1) is 0 Å². The number of carbonyl (C=O) groups excluding carboxylic acids is 1. The maximum Gasteiger partial charge on any atom is 0.220 e. The van der Waals surface area contributed by atoms with Crippen LogP contribution in [0.4, 0.5) is 0 Å². The van der Waals surface area contributed by atoms with Gasteiger partial charge in [-0.1, -0.05) is 29.3 Å². The van der Waals surface area contributed by atoms with Gasteiger partial charge in [0.25, 0.3) is 0 Å². The molecule has 0 saturated carbocycles. The zero-order valence-electron chi connectivity index (χ0n) is 11.2. The van der Waals surface area contributed by atoms with Crippen molar-refractivity contribution in [3.63, 3.8) is 0 Å². The molecule has 0 aliphatic heterocycles. The number of nitrogens with one attached hydrogen (secondary N) is 1. The first-order valence-corrected chi connectivity index (χ1v) is 7.23. The minimum atomic E-state index is -0.527. The van der Waals surface area contributed by atoms with Crippen molar-refractivity contribution in [1.82, 2.24) is 5.32 Å². The van der Waals surface area contributed by atoms with Gasteiger partial charge in [0.15, 0.2) is 0 Å². The minimum Gasteiger partial charge on any atom is -0.467 e. The summed E-state index contributed by atoms with van der Waals surface area (Å²) in [6, 6.07) is 8.17. The summed E-state index contributed by atoms with van der Waals surface area (Å²) in [7, 11) is 0. The number of halogens is 2. The first-order chi connectivity index (χ1) is 10.1. The summed E-state index contributed by atoms with van der Waals surface area (Å²) in [5.41, 5.74) is 0.929. The number of benzene rings is 1. The Morgan fingerprint density at radius 1 is 1.29 bits per heavy atom. The molecule has 0 aliphatic carbocycles. The van der Waals surface area contributed by atoms with Gasteiger partial charge < -0.3 is 14.8 Å². The highest BCUT2D eigenvalue weighted by molar-refractivity contribution is 6.42. The van der Waals surface area contributed by atoms with Crippen LogP contribution in [0.5, 0.6) is 0 Å². The van der Waals surface area contributed by atoms with E-state index in [0.717, 1.165) is 5.56 Å². The first kappa shape index (κ1) is 15.9. The number of rotatable bonds is 6. The molecule has 0 spiro atoms. The van der Waals surface area contributed by atoms with Crippen molar-refractivity contribution in [3.05, 3.63) is 58.0 Å². The van der Waals surface area contributed by atoms with E-state index in [-0.39, 0.29) is 18.9 Å². The average Bonchev–Trinajstić information content (AvgIpc) is 3.00. The van der Waals surface area contributed by atoms with E-state index in [0.29, 0.717) is 22.2 Å². The molecular weight excluding hydrogens is 313 g/mol. The van der Waals surface area contributed by atoms with Gasteiger partial charge in [-0.25, -0.2) is 0 Å². The van der Waals surface area contributed by atoms with Gasteiger partial charge in [-0.3, -0.25) is 4.79 Å². The third kappa shape index (κ3) is 4.49. The Balaban J connectivity index is 1.88. The van der Waals surface area contributed by atoms with Gasteiger partial charge >= 0.3 is 0 Å². The first-order valence-electron chi connectivity index (χ1n) is 6.47. The fourth-order valence-corrected chi connectivity index (χ4v) is 2.24. The number of aryl methyl sites for hydroxylation is 1. The van der Waals surface area contributed by atoms with Crippen LogP contribution in [0.3, 0.4) is 0 Å². The monoisotopic (exact) mass is 327 g/mol. The van der Waals surface area contributed by atoms with Crippen LogP contribution in [-0.2, 0) is 11.2 Å². The summed E-state index contributed by atoms with van der Waals surface area (Å²) in [6.07, 6.45) is 2.33. The summed E-state index contributed by atoms with van der Waals surface area (Å²) in [6.45, 7) is -0.216. The molecule has 1 aromatic carbocycles. The maximum atomic E-state index is 11.9. The third-order valence-corrected chi connectivity index (χ3v) is 3.77. The lowest BCUT2D eigenvalue weighted by molar-refractivity contribution is -0.122. The normalized spacial score (nSPS) is 12.1. The molecule has 6 heteroatoms. The summed E-state index contributed by atoms with van der Waals surface area (Å²) in [5.74, 6) is 0.358.